The van der Waals surface area contributed by atoms with Crippen LogP contribution in [0.15, 0.2) is 48.9 Å². The van der Waals surface area contributed by atoms with Crippen molar-refractivity contribution < 1.29 is 9.59 Å². The highest BCUT2D eigenvalue weighted by Gasteiger charge is 2.27. The van der Waals surface area contributed by atoms with Crippen molar-refractivity contribution in [2.45, 2.75) is 38.1 Å². The third-order valence-electron chi connectivity index (χ3n) is 6.40. The minimum atomic E-state index is -0.277. The summed E-state index contributed by atoms with van der Waals surface area (Å²) in [6.07, 6.45) is 9.33. The van der Waals surface area contributed by atoms with Gasteiger partial charge in [-0.3, -0.25) is 14.6 Å². The van der Waals surface area contributed by atoms with E-state index in [2.05, 4.69) is 27.4 Å². The molecule has 3 heterocycles. The summed E-state index contributed by atoms with van der Waals surface area (Å²) >= 11 is 6.16. The number of rotatable bonds is 3. The highest BCUT2D eigenvalue weighted by atomic mass is 35.5. The van der Waals surface area contributed by atoms with Crippen LogP contribution in [0.4, 0.5) is 5.69 Å². The SMILES string of the molecule is CN1C(=O)CCc2cc(-c3cncc4c3CCCC4NC(=O)c3ncccc3Cl)ccc21. The van der Waals surface area contributed by atoms with Gasteiger partial charge in [0.25, 0.3) is 5.91 Å². The van der Waals surface area contributed by atoms with E-state index in [0.29, 0.717) is 11.4 Å². The van der Waals surface area contributed by atoms with Crippen LogP contribution in [0, 0.1) is 0 Å². The Morgan fingerprint density at radius 2 is 2.06 bits per heavy atom. The van der Waals surface area contributed by atoms with Crippen LogP contribution in [0.1, 0.15) is 52.5 Å². The molecule has 5 rings (SSSR count). The van der Waals surface area contributed by atoms with Crippen LogP contribution in [0.25, 0.3) is 11.1 Å². The predicted molar refractivity (Wildman–Crippen MR) is 124 cm³/mol. The topological polar surface area (TPSA) is 75.2 Å². The van der Waals surface area contributed by atoms with Crippen molar-refractivity contribution in [1.29, 1.82) is 0 Å². The highest BCUT2D eigenvalue weighted by Crippen LogP contribution is 2.38. The monoisotopic (exact) mass is 446 g/mol. The van der Waals surface area contributed by atoms with Crippen LogP contribution in [-0.2, 0) is 17.6 Å². The lowest BCUT2D eigenvalue weighted by Crippen LogP contribution is -2.32. The number of benzene rings is 1. The molecule has 1 aliphatic heterocycles. The fraction of sp³-hybridized carbons (Fsp3) is 0.280. The van der Waals surface area contributed by atoms with Crippen molar-refractivity contribution in [2.24, 2.45) is 0 Å². The standard InChI is InChI=1S/C25H23ClN4O2/c1-30-22-9-7-15(12-16(22)8-10-23(30)31)18-13-27-14-19-17(18)4-2-6-21(19)29-25(32)24-20(26)5-3-11-28-24/h3,5,7,9,11-14,21H,2,4,6,8,10H2,1H3,(H,29,32). The number of carbonyl (C=O) groups is 2. The fourth-order valence-corrected chi connectivity index (χ4v) is 4.93. The summed E-state index contributed by atoms with van der Waals surface area (Å²) in [5.41, 5.74) is 6.81. The second-order valence-electron chi connectivity index (χ2n) is 8.30. The quantitative estimate of drug-likeness (QED) is 0.642. The smallest absolute Gasteiger partial charge is 0.271 e. The third-order valence-corrected chi connectivity index (χ3v) is 6.70. The molecule has 1 atom stereocenters. The number of anilines is 1. The molecule has 0 bridgehead atoms. The average Bonchev–Trinajstić information content (AvgIpc) is 2.81. The first-order chi connectivity index (χ1) is 15.5. The molecule has 1 aromatic carbocycles. The molecule has 1 unspecified atom stereocenters. The van der Waals surface area contributed by atoms with E-state index in [1.165, 1.54) is 11.1 Å². The predicted octanol–water partition coefficient (Wildman–Crippen LogP) is 4.51. The largest absolute Gasteiger partial charge is 0.344 e. The van der Waals surface area contributed by atoms with E-state index in [1.807, 2.05) is 25.5 Å². The number of nitrogens with one attached hydrogen (secondary N) is 1. The summed E-state index contributed by atoms with van der Waals surface area (Å²) in [4.78, 5) is 35.2. The lowest BCUT2D eigenvalue weighted by molar-refractivity contribution is -0.118. The van der Waals surface area contributed by atoms with Gasteiger partial charge in [0.05, 0.1) is 11.1 Å². The number of hydrogen-bond donors (Lipinski definition) is 1. The number of aryl methyl sites for hydroxylation is 1. The zero-order valence-electron chi connectivity index (χ0n) is 17.8. The van der Waals surface area contributed by atoms with E-state index in [4.69, 9.17) is 11.6 Å². The van der Waals surface area contributed by atoms with E-state index in [-0.39, 0.29) is 23.6 Å². The van der Waals surface area contributed by atoms with E-state index in [0.717, 1.165) is 48.1 Å². The number of fused-ring (bicyclic) bond motifs is 2. The van der Waals surface area contributed by atoms with Crippen LogP contribution in [0.5, 0.6) is 0 Å². The Morgan fingerprint density at radius 3 is 2.91 bits per heavy atom. The molecule has 0 saturated carbocycles. The maximum absolute atomic E-state index is 12.8. The van der Waals surface area contributed by atoms with Gasteiger partial charge in [-0.2, -0.15) is 0 Å². The van der Waals surface area contributed by atoms with Crippen LogP contribution < -0.4 is 10.2 Å². The molecule has 0 fully saturated rings. The van der Waals surface area contributed by atoms with Gasteiger partial charge in [0.15, 0.2) is 0 Å². The molecule has 1 N–H and O–H groups in total. The Labute approximate surface area is 191 Å². The molecular weight excluding hydrogens is 424 g/mol. The normalized spacial score (nSPS) is 17.5. The number of aromatic nitrogens is 2. The molecule has 2 aliphatic rings. The Balaban J connectivity index is 1.47. The van der Waals surface area contributed by atoms with Gasteiger partial charge < -0.3 is 10.2 Å². The van der Waals surface area contributed by atoms with Gasteiger partial charge in [-0.15, -0.1) is 0 Å². The molecule has 162 valence electrons. The Bertz CT molecular complexity index is 1230. The molecule has 7 heteroatoms. The number of pyridine rings is 2. The van der Waals surface area contributed by atoms with Crippen molar-refractivity contribution in [1.82, 2.24) is 15.3 Å². The molecule has 0 saturated heterocycles. The van der Waals surface area contributed by atoms with E-state index in [9.17, 15) is 9.59 Å². The number of hydrogen-bond acceptors (Lipinski definition) is 4. The minimum absolute atomic E-state index is 0.141. The zero-order chi connectivity index (χ0) is 22.2. The summed E-state index contributed by atoms with van der Waals surface area (Å²) in [5, 5.41) is 3.44. The lowest BCUT2D eigenvalue weighted by atomic mass is 9.84. The zero-order valence-corrected chi connectivity index (χ0v) is 18.5. The summed E-state index contributed by atoms with van der Waals surface area (Å²) in [6, 6.07) is 9.48. The molecule has 2 amide bonds. The first-order valence-corrected chi connectivity index (χ1v) is 11.2. The van der Waals surface area contributed by atoms with Crippen molar-refractivity contribution in [3.05, 3.63) is 76.3 Å². The minimum Gasteiger partial charge on any atom is -0.344 e. The van der Waals surface area contributed by atoms with Gasteiger partial charge in [-0.05, 0) is 72.2 Å². The lowest BCUT2D eigenvalue weighted by Gasteiger charge is -2.29. The van der Waals surface area contributed by atoms with Crippen molar-refractivity contribution in [3.63, 3.8) is 0 Å². The van der Waals surface area contributed by atoms with Crippen molar-refractivity contribution in [2.75, 3.05) is 11.9 Å². The maximum atomic E-state index is 12.8. The van der Waals surface area contributed by atoms with E-state index < -0.39 is 0 Å². The molecule has 0 spiro atoms. The first-order valence-electron chi connectivity index (χ1n) is 10.8. The Kier molecular flexibility index (Phi) is 5.39. The maximum Gasteiger partial charge on any atom is 0.271 e. The highest BCUT2D eigenvalue weighted by molar-refractivity contribution is 6.33. The van der Waals surface area contributed by atoms with Crippen molar-refractivity contribution in [3.8, 4) is 11.1 Å². The molecule has 32 heavy (non-hydrogen) atoms. The molecule has 1 aliphatic carbocycles. The molecule has 3 aromatic rings. The fourth-order valence-electron chi connectivity index (χ4n) is 4.72. The van der Waals surface area contributed by atoms with Gasteiger partial charge in [0, 0.05) is 43.3 Å². The summed E-state index contributed by atoms with van der Waals surface area (Å²) in [6.45, 7) is 0. The van der Waals surface area contributed by atoms with Crippen LogP contribution in [0.3, 0.4) is 0 Å². The number of nitrogens with zero attached hydrogens (tertiary/aromatic N) is 3. The van der Waals surface area contributed by atoms with Gasteiger partial charge >= 0.3 is 0 Å². The van der Waals surface area contributed by atoms with E-state index >= 15 is 0 Å². The average molecular weight is 447 g/mol. The molecule has 2 aromatic heterocycles. The van der Waals surface area contributed by atoms with Crippen LogP contribution >= 0.6 is 11.6 Å². The summed E-state index contributed by atoms with van der Waals surface area (Å²) in [7, 11) is 1.83. The van der Waals surface area contributed by atoms with Crippen LogP contribution in [-0.4, -0.2) is 28.8 Å². The van der Waals surface area contributed by atoms with Gasteiger partial charge in [-0.1, -0.05) is 17.7 Å². The third kappa shape index (κ3) is 3.65. The number of halogens is 1. The molecule has 0 radical (unpaired) electrons. The van der Waals surface area contributed by atoms with Gasteiger partial charge in [-0.25, -0.2) is 4.98 Å². The summed E-state index contributed by atoms with van der Waals surface area (Å²) < 4.78 is 0. The summed E-state index contributed by atoms with van der Waals surface area (Å²) in [5.74, 6) is -0.129. The Morgan fingerprint density at radius 1 is 1.19 bits per heavy atom. The second kappa shape index (κ2) is 8.36. The number of amides is 2. The van der Waals surface area contributed by atoms with E-state index in [1.54, 1.807) is 23.2 Å². The van der Waals surface area contributed by atoms with Gasteiger partial charge in [0.2, 0.25) is 5.91 Å². The van der Waals surface area contributed by atoms with Crippen molar-refractivity contribution >= 4 is 29.1 Å². The first kappa shape index (κ1) is 20.6. The van der Waals surface area contributed by atoms with Gasteiger partial charge in [0.1, 0.15) is 5.69 Å². The molecule has 6 nitrogen and oxygen atoms in total. The molecular formula is C25H23ClN4O2. The second-order valence-corrected chi connectivity index (χ2v) is 8.71. The Hall–Kier alpha value is -3.25. The van der Waals surface area contributed by atoms with Crippen LogP contribution in [0.2, 0.25) is 5.02 Å². The number of carbonyl (C=O) groups excluding carboxylic acids is 2.